The maximum absolute atomic E-state index is 12.7. The molecule has 1 aromatic carbocycles. The van der Waals surface area contributed by atoms with Crippen LogP contribution in [0.5, 0.6) is 0 Å². The van der Waals surface area contributed by atoms with Crippen LogP contribution in [0.15, 0.2) is 55.0 Å². The molecule has 100 valence electrons. The molecule has 0 radical (unpaired) electrons. The van der Waals surface area contributed by atoms with E-state index in [1.807, 2.05) is 24.3 Å². The third-order valence-electron chi connectivity index (χ3n) is 2.99. The van der Waals surface area contributed by atoms with E-state index in [0.717, 1.165) is 23.2 Å². The topological polar surface area (TPSA) is 25.8 Å². The predicted molar refractivity (Wildman–Crippen MR) is 70.0 cm³/mol. The molecule has 0 aliphatic rings. The van der Waals surface area contributed by atoms with Crippen molar-refractivity contribution in [3.8, 4) is 11.1 Å². The van der Waals surface area contributed by atoms with Crippen LogP contribution in [0.3, 0.4) is 0 Å². The summed E-state index contributed by atoms with van der Waals surface area (Å²) >= 11 is 0. The number of aromatic nitrogens is 2. The van der Waals surface area contributed by atoms with E-state index in [1.165, 1.54) is 6.20 Å². The summed E-state index contributed by atoms with van der Waals surface area (Å²) in [5.41, 5.74) is 1.06. The molecule has 20 heavy (non-hydrogen) atoms. The zero-order valence-electron chi connectivity index (χ0n) is 10.2. The highest BCUT2D eigenvalue weighted by Crippen LogP contribution is 2.31. The minimum atomic E-state index is -4.40. The number of alkyl halides is 3. The monoisotopic (exact) mass is 274 g/mol. The summed E-state index contributed by atoms with van der Waals surface area (Å²) in [4.78, 5) is 7.90. The molecule has 0 N–H and O–H groups in total. The zero-order chi connectivity index (χ0) is 14.2. The van der Waals surface area contributed by atoms with Crippen molar-refractivity contribution in [2.45, 2.75) is 6.18 Å². The van der Waals surface area contributed by atoms with Crippen LogP contribution >= 0.6 is 0 Å². The predicted octanol–water partition coefficient (Wildman–Crippen LogP) is 4.32. The maximum atomic E-state index is 12.7. The first kappa shape index (κ1) is 12.6. The molecule has 0 bridgehead atoms. The lowest BCUT2D eigenvalue weighted by molar-refractivity contribution is -0.137. The van der Waals surface area contributed by atoms with Gasteiger partial charge >= 0.3 is 6.18 Å². The Balaban J connectivity index is 2.11. The molecule has 5 heteroatoms. The van der Waals surface area contributed by atoms with Crippen molar-refractivity contribution in [1.29, 1.82) is 0 Å². The van der Waals surface area contributed by atoms with Gasteiger partial charge < -0.3 is 0 Å². The quantitative estimate of drug-likeness (QED) is 0.660. The number of rotatable bonds is 1. The largest absolute Gasteiger partial charge is 0.417 e. The Morgan fingerprint density at radius 3 is 2.40 bits per heavy atom. The van der Waals surface area contributed by atoms with Crippen LogP contribution in [0.4, 0.5) is 13.2 Å². The van der Waals surface area contributed by atoms with Crippen molar-refractivity contribution in [2.75, 3.05) is 0 Å². The molecule has 2 heterocycles. The second kappa shape index (κ2) is 4.59. The van der Waals surface area contributed by atoms with Gasteiger partial charge in [-0.1, -0.05) is 18.2 Å². The van der Waals surface area contributed by atoms with Gasteiger partial charge in [-0.25, -0.2) is 0 Å². The summed E-state index contributed by atoms with van der Waals surface area (Å²) in [6.07, 6.45) is -0.619. The summed E-state index contributed by atoms with van der Waals surface area (Å²) in [5, 5.41) is 0.877. The van der Waals surface area contributed by atoms with Crippen LogP contribution in [0, 0.1) is 0 Å². The zero-order valence-corrected chi connectivity index (χ0v) is 10.2. The number of pyridine rings is 2. The van der Waals surface area contributed by atoms with E-state index in [9.17, 15) is 13.2 Å². The highest BCUT2D eigenvalue weighted by Gasteiger charge is 2.31. The summed E-state index contributed by atoms with van der Waals surface area (Å²) in [6.45, 7) is 0. The lowest BCUT2D eigenvalue weighted by Crippen LogP contribution is -2.05. The van der Waals surface area contributed by atoms with Crippen molar-refractivity contribution in [3.63, 3.8) is 0 Å². The first-order valence-electron chi connectivity index (χ1n) is 5.91. The highest BCUT2D eigenvalue weighted by molar-refractivity contribution is 5.83. The number of fused-ring (bicyclic) bond motifs is 1. The number of nitrogens with zero attached hydrogens (tertiary/aromatic N) is 2. The average Bonchev–Trinajstić information content (AvgIpc) is 2.46. The second-order valence-electron chi connectivity index (χ2n) is 4.38. The normalized spacial score (nSPS) is 11.8. The van der Waals surface area contributed by atoms with Crippen LogP contribution < -0.4 is 0 Å². The molecule has 2 nitrogen and oxygen atoms in total. The summed E-state index contributed by atoms with van der Waals surface area (Å²) in [7, 11) is 0. The molecule has 3 aromatic rings. The first-order valence-corrected chi connectivity index (χ1v) is 5.91. The summed E-state index contributed by atoms with van der Waals surface area (Å²) in [6, 6.07) is 10.3. The third-order valence-corrected chi connectivity index (χ3v) is 2.99. The van der Waals surface area contributed by atoms with Gasteiger partial charge in [0.1, 0.15) is 0 Å². The van der Waals surface area contributed by atoms with E-state index in [-0.39, 0.29) is 0 Å². The van der Waals surface area contributed by atoms with Crippen LogP contribution in [-0.4, -0.2) is 9.97 Å². The molecule has 0 saturated heterocycles. The van der Waals surface area contributed by atoms with E-state index in [1.54, 1.807) is 12.3 Å². The van der Waals surface area contributed by atoms with E-state index in [2.05, 4.69) is 9.97 Å². The second-order valence-corrected chi connectivity index (χ2v) is 4.38. The number of benzene rings is 1. The van der Waals surface area contributed by atoms with Crippen LogP contribution in [0.2, 0.25) is 0 Å². The van der Waals surface area contributed by atoms with Gasteiger partial charge in [-0.15, -0.1) is 0 Å². The lowest BCUT2D eigenvalue weighted by atomic mass is 10.1. The lowest BCUT2D eigenvalue weighted by Gasteiger charge is -2.08. The molecule has 0 amide bonds. The van der Waals surface area contributed by atoms with E-state index in [0.29, 0.717) is 11.1 Å². The Bertz CT molecular complexity index is 766. The fourth-order valence-electron chi connectivity index (χ4n) is 1.98. The number of para-hydroxylation sites is 1. The maximum Gasteiger partial charge on any atom is 0.417 e. The number of halogens is 3. The Morgan fingerprint density at radius 2 is 1.60 bits per heavy atom. The van der Waals surface area contributed by atoms with Crippen molar-refractivity contribution < 1.29 is 13.2 Å². The molecule has 3 rings (SSSR count). The Hall–Kier alpha value is -2.43. The molecule has 0 aliphatic heterocycles. The van der Waals surface area contributed by atoms with Crippen LogP contribution in [-0.2, 0) is 6.18 Å². The SMILES string of the molecule is FC(F)(F)c1cncc(-c2cnc3ccccc3c2)c1. The third kappa shape index (κ3) is 2.34. The smallest absolute Gasteiger partial charge is 0.263 e. The van der Waals surface area contributed by atoms with Gasteiger partial charge in [0, 0.05) is 35.1 Å². The minimum Gasteiger partial charge on any atom is -0.263 e. The van der Waals surface area contributed by atoms with Gasteiger partial charge in [0.2, 0.25) is 0 Å². The van der Waals surface area contributed by atoms with Crippen molar-refractivity contribution >= 4 is 10.9 Å². The molecule has 0 spiro atoms. The molecule has 0 atom stereocenters. The Labute approximate surface area is 112 Å². The Kier molecular flexibility index (Phi) is 2.89. The first-order chi connectivity index (χ1) is 9.54. The highest BCUT2D eigenvalue weighted by atomic mass is 19.4. The molecule has 0 unspecified atom stereocenters. The Morgan fingerprint density at radius 1 is 0.850 bits per heavy atom. The van der Waals surface area contributed by atoms with Gasteiger partial charge in [0.25, 0.3) is 0 Å². The molecule has 0 aliphatic carbocycles. The van der Waals surface area contributed by atoms with Crippen LogP contribution in [0.1, 0.15) is 5.56 Å². The van der Waals surface area contributed by atoms with Gasteiger partial charge in [0.15, 0.2) is 0 Å². The van der Waals surface area contributed by atoms with Crippen molar-refractivity contribution in [2.24, 2.45) is 0 Å². The summed E-state index contributed by atoms with van der Waals surface area (Å²) in [5.74, 6) is 0. The van der Waals surface area contributed by atoms with Gasteiger partial charge in [-0.3, -0.25) is 9.97 Å². The van der Waals surface area contributed by atoms with Gasteiger partial charge in [0.05, 0.1) is 11.1 Å². The van der Waals surface area contributed by atoms with E-state index in [4.69, 9.17) is 0 Å². The van der Waals surface area contributed by atoms with E-state index >= 15 is 0 Å². The van der Waals surface area contributed by atoms with Gasteiger partial charge in [-0.05, 0) is 18.2 Å². The number of hydrogen-bond donors (Lipinski definition) is 0. The van der Waals surface area contributed by atoms with Crippen molar-refractivity contribution in [1.82, 2.24) is 9.97 Å². The molecule has 0 fully saturated rings. The molecule has 0 saturated carbocycles. The fraction of sp³-hybridized carbons (Fsp3) is 0.0667. The van der Waals surface area contributed by atoms with E-state index < -0.39 is 11.7 Å². The standard InChI is InChI=1S/C15H9F3N2/c16-15(17,18)13-6-12(7-19-9-13)11-5-10-3-1-2-4-14(10)20-8-11/h1-9H. The molecular weight excluding hydrogens is 265 g/mol. The molecule has 2 aromatic heterocycles. The van der Waals surface area contributed by atoms with Crippen LogP contribution in [0.25, 0.3) is 22.0 Å². The minimum absolute atomic E-state index is 0.401. The average molecular weight is 274 g/mol. The van der Waals surface area contributed by atoms with Crippen molar-refractivity contribution in [3.05, 3.63) is 60.6 Å². The summed E-state index contributed by atoms with van der Waals surface area (Å²) < 4.78 is 38.0. The molecular formula is C15H9F3N2. The fourth-order valence-corrected chi connectivity index (χ4v) is 1.98. The number of hydrogen-bond acceptors (Lipinski definition) is 2. The van der Waals surface area contributed by atoms with Gasteiger partial charge in [-0.2, -0.15) is 13.2 Å².